The maximum Gasteiger partial charge on any atom is 0.292 e. The lowest BCUT2D eigenvalue weighted by Gasteiger charge is -2.08. The van der Waals surface area contributed by atoms with Gasteiger partial charge in [-0.2, -0.15) is 9.78 Å². The lowest BCUT2D eigenvalue weighted by molar-refractivity contribution is -0.384. The Labute approximate surface area is 193 Å². The fourth-order valence-electron chi connectivity index (χ4n) is 3.63. The van der Waals surface area contributed by atoms with Crippen molar-refractivity contribution in [2.24, 2.45) is 5.10 Å². The number of nitro groups is 1. The first-order valence-electron chi connectivity index (χ1n) is 10.5. The minimum Gasteiger partial charge on any atom is -0.380 e. The molecule has 0 saturated carbocycles. The topological polar surface area (TPSA) is 113 Å². The Bertz CT molecular complexity index is 1420. The standard InChI is InChI=1S/C23H23N5O4S/c1-4-5-6-18-26-20-19-16(13-32-3)11-14(2)25-22(19)33-21(20)23(29)27(18)24-12-15-7-9-17(10-8-15)28(30)31/h7-12H,4-6,13H2,1-3H3/b24-12+. The third-order valence-corrected chi connectivity index (χ3v) is 6.26. The van der Waals surface area contributed by atoms with Crippen molar-refractivity contribution in [3.05, 3.63) is 73.4 Å². The quantitative estimate of drug-likeness (QED) is 0.214. The van der Waals surface area contributed by atoms with E-state index in [9.17, 15) is 14.9 Å². The van der Waals surface area contributed by atoms with Crippen LogP contribution in [-0.4, -0.2) is 32.9 Å². The number of nitrogens with zero attached hydrogens (tertiary/aromatic N) is 5. The molecule has 1 aromatic carbocycles. The van der Waals surface area contributed by atoms with E-state index in [-0.39, 0.29) is 11.2 Å². The van der Waals surface area contributed by atoms with Gasteiger partial charge in [0, 0.05) is 36.7 Å². The molecule has 0 fully saturated rings. The van der Waals surface area contributed by atoms with E-state index in [1.807, 2.05) is 13.0 Å². The summed E-state index contributed by atoms with van der Waals surface area (Å²) in [5, 5.41) is 16.1. The first-order valence-corrected chi connectivity index (χ1v) is 11.4. The Morgan fingerprint density at radius 3 is 2.70 bits per heavy atom. The molecule has 4 aromatic rings. The summed E-state index contributed by atoms with van der Waals surface area (Å²) in [6, 6.07) is 7.95. The van der Waals surface area contributed by atoms with E-state index in [0.29, 0.717) is 34.6 Å². The molecule has 0 N–H and O–H groups in total. The molecule has 3 heterocycles. The second kappa shape index (κ2) is 9.55. The van der Waals surface area contributed by atoms with E-state index in [1.54, 1.807) is 19.2 Å². The number of unbranched alkanes of at least 4 members (excludes halogenated alkanes) is 1. The molecule has 0 atom stereocenters. The second-order valence-electron chi connectivity index (χ2n) is 7.66. The summed E-state index contributed by atoms with van der Waals surface area (Å²) in [6.45, 7) is 4.39. The van der Waals surface area contributed by atoms with Crippen molar-refractivity contribution >= 4 is 43.7 Å². The van der Waals surface area contributed by atoms with Crippen molar-refractivity contribution in [2.45, 2.75) is 39.7 Å². The monoisotopic (exact) mass is 465 g/mol. The molecule has 10 heteroatoms. The summed E-state index contributed by atoms with van der Waals surface area (Å²) < 4.78 is 7.19. The number of benzene rings is 1. The van der Waals surface area contributed by atoms with Crippen LogP contribution in [0.4, 0.5) is 5.69 Å². The molecular weight excluding hydrogens is 442 g/mol. The Morgan fingerprint density at radius 1 is 1.27 bits per heavy atom. The van der Waals surface area contributed by atoms with E-state index in [0.717, 1.165) is 34.3 Å². The zero-order chi connectivity index (χ0) is 23.5. The molecule has 0 unspecified atom stereocenters. The van der Waals surface area contributed by atoms with Crippen molar-refractivity contribution in [1.82, 2.24) is 14.6 Å². The highest BCUT2D eigenvalue weighted by atomic mass is 32.1. The molecule has 0 radical (unpaired) electrons. The zero-order valence-electron chi connectivity index (χ0n) is 18.6. The third kappa shape index (κ3) is 4.53. The number of ether oxygens (including phenoxy) is 1. The summed E-state index contributed by atoms with van der Waals surface area (Å²) in [5.74, 6) is 0.566. The first kappa shape index (κ1) is 22.7. The molecule has 0 saturated heterocycles. The zero-order valence-corrected chi connectivity index (χ0v) is 19.4. The number of hydrogen-bond donors (Lipinski definition) is 0. The van der Waals surface area contributed by atoms with E-state index in [2.05, 4.69) is 17.0 Å². The van der Waals surface area contributed by atoms with Crippen molar-refractivity contribution in [3.8, 4) is 0 Å². The SMILES string of the molecule is CCCCc1nc2c(sc3nc(C)cc(COC)c32)c(=O)n1/N=C/c1ccc([N+](=O)[O-])cc1. The van der Waals surface area contributed by atoms with Crippen LogP contribution in [0.2, 0.25) is 0 Å². The Kier molecular flexibility index (Phi) is 6.57. The summed E-state index contributed by atoms with van der Waals surface area (Å²) in [5.41, 5.74) is 2.82. The normalized spacial score (nSPS) is 11.7. The van der Waals surface area contributed by atoms with Gasteiger partial charge < -0.3 is 4.74 Å². The number of aryl methyl sites for hydroxylation is 2. The maximum absolute atomic E-state index is 13.5. The average Bonchev–Trinajstić information content (AvgIpc) is 3.16. The fraction of sp³-hybridized carbons (Fsp3) is 0.304. The van der Waals surface area contributed by atoms with Crippen LogP contribution in [0, 0.1) is 17.0 Å². The number of non-ortho nitro benzene ring substituents is 1. The molecule has 33 heavy (non-hydrogen) atoms. The molecule has 0 aliphatic carbocycles. The molecule has 0 aliphatic rings. The largest absolute Gasteiger partial charge is 0.380 e. The molecule has 0 amide bonds. The van der Waals surface area contributed by atoms with Crippen LogP contribution in [0.1, 0.15) is 42.4 Å². The Morgan fingerprint density at radius 2 is 2.03 bits per heavy atom. The third-order valence-electron chi connectivity index (χ3n) is 5.20. The fourth-order valence-corrected chi connectivity index (χ4v) is 4.76. The van der Waals surface area contributed by atoms with Gasteiger partial charge in [0.1, 0.15) is 15.4 Å². The molecular formula is C23H23N5O4S. The summed E-state index contributed by atoms with van der Waals surface area (Å²) >= 11 is 1.30. The van der Waals surface area contributed by atoms with Crippen molar-refractivity contribution in [3.63, 3.8) is 0 Å². The van der Waals surface area contributed by atoms with Gasteiger partial charge in [-0.05, 0) is 42.7 Å². The van der Waals surface area contributed by atoms with Gasteiger partial charge in [-0.1, -0.05) is 13.3 Å². The lowest BCUT2D eigenvalue weighted by atomic mass is 10.1. The Balaban J connectivity index is 1.88. The van der Waals surface area contributed by atoms with Crippen molar-refractivity contribution in [2.75, 3.05) is 7.11 Å². The van der Waals surface area contributed by atoms with Crippen LogP contribution >= 0.6 is 11.3 Å². The summed E-state index contributed by atoms with van der Waals surface area (Å²) in [7, 11) is 1.64. The average molecular weight is 466 g/mol. The smallest absolute Gasteiger partial charge is 0.292 e. The number of hydrogen-bond acceptors (Lipinski definition) is 8. The highest BCUT2D eigenvalue weighted by Crippen LogP contribution is 2.33. The molecule has 4 rings (SSSR count). The minimum absolute atomic E-state index is 0.00373. The van der Waals surface area contributed by atoms with E-state index < -0.39 is 4.92 Å². The highest BCUT2D eigenvalue weighted by Gasteiger charge is 2.19. The van der Waals surface area contributed by atoms with Gasteiger partial charge in [-0.15, -0.1) is 11.3 Å². The van der Waals surface area contributed by atoms with Crippen LogP contribution in [-0.2, 0) is 17.8 Å². The lowest BCUT2D eigenvalue weighted by Crippen LogP contribution is -2.21. The van der Waals surface area contributed by atoms with Crippen LogP contribution in [0.5, 0.6) is 0 Å². The highest BCUT2D eigenvalue weighted by molar-refractivity contribution is 7.25. The van der Waals surface area contributed by atoms with E-state index >= 15 is 0 Å². The second-order valence-corrected chi connectivity index (χ2v) is 8.66. The number of aromatic nitrogens is 3. The molecule has 170 valence electrons. The number of thiophene rings is 1. The Hall–Kier alpha value is -3.50. The molecule has 3 aromatic heterocycles. The molecule has 9 nitrogen and oxygen atoms in total. The van der Waals surface area contributed by atoms with Crippen LogP contribution in [0.3, 0.4) is 0 Å². The summed E-state index contributed by atoms with van der Waals surface area (Å²) in [6.07, 6.45) is 3.91. The van der Waals surface area contributed by atoms with Gasteiger partial charge in [0.05, 0.1) is 23.3 Å². The van der Waals surface area contributed by atoms with Gasteiger partial charge in [-0.3, -0.25) is 14.9 Å². The molecule has 0 bridgehead atoms. The minimum atomic E-state index is -0.457. The number of rotatable bonds is 8. The van der Waals surface area contributed by atoms with Gasteiger partial charge in [0.2, 0.25) is 0 Å². The predicted molar refractivity (Wildman–Crippen MR) is 129 cm³/mol. The van der Waals surface area contributed by atoms with E-state index in [1.165, 1.54) is 34.4 Å². The number of pyridine rings is 1. The van der Waals surface area contributed by atoms with E-state index in [4.69, 9.17) is 9.72 Å². The summed E-state index contributed by atoms with van der Waals surface area (Å²) in [4.78, 5) is 34.1. The van der Waals surface area contributed by atoms with Gasteiger partial charge in [0.25, 0.3) is 11.2 Å². The van der Waals surface area contributed by atoms with Crippen LogP contribution < -0.4 is 5.56 Å². The van der Waals surface area contributed by atoms with Crippen LogP contribution in [0.15, 0.2) is 40.2 Å². The van der Waals surface area contributed by atoms with Gasteiger partial charge in [-0.25, -0.2) is 9.97 Å². The van der Waals surface area contributed by atoms with Gasteiger partial charge in [0.15, 0.2) is 0 Å². The number of nitro benzene ring substituents is 1. The van der Waals surface area contributed by atoms with Crippen molar-refractivity contribution < 1.29 is 9.66 Å². The first-order chi connectivity index (χ1) is 15.9. The number of methoxy groups -OCH3 is 1. The molecule has 0 spiro atoms. The predicted octanol–water partition coefficient (Wildman–Crippen LogP) is 4.59. The number of fused-ring (bicyclic) bond motifs is 3. The van der Waals surface area contributed by atoms with Crippen LogP contribution in [0.25, 0.3) is 20.4 Å². The van der Waals surface area contributed by atoms with Crippen molar-refractivity contribution in [1.29, 1.82) is 0 Å². The van der Waals surface area contributed by atoms with Gasteiger partial charge >= 0.3 is 0 Å². The maximum atomic E-state index is 13.5. The molecule has 0 aliphatic heterocycles.